The predicted octanol–water partition coefficient (Wildman–Crippen LogP) is 2.21. The maximum atomic E-state index is 13.5. The van der Waals surface area contributed by atoms with Crippen LogP contribution in [0.5, 0.6) is 5.75 Å². The van der Waals surface area contributed by atoms with E-state index in [9.17, 15) is 18.4 Å². The lowest BCUT2D eigenvalue weighted by atomic mass is 10.1. The molecule has 3 atom stereocenters. The number of carbonyl (C=O) groups excluding carboxylic acids is 2. The van der Waals surface area contributed by atoms with E-state index < -0.39 is 36.6 Å². The van der Waals surface area contributed by atoms with Crippen LogP contribution in [0.1, 0.15) is 13.8 Å². The van der Waals surface area contributed by atoms with E-state index in [1.165, 1.54) is 6.92 Å². The molecule has 0 bridgehead atoms. The standard InChI is InChI=1S/C19H21F2N5O4/c1-9(17(22)27)23-11-3-4-12-13(7-11)29-6-5-25-8-14(24-18(12)25)26-15(16(20)21)10(2)30-19(26)28/h3-4,7-10,15-16,23H,5-6H2,1-2H3,(H2,22,27)/t9-,10+,15?/m0/s1. The minimum Gasteiger partial charge on any atom is -0.491 e. The van der Waals surface area contributed by atoms with Crippen LogP contribution in [0.4, 0.5) is 25.1 Å². The van der Waals surface area contributed by atoms with Gasteiger partial charge < -0.3 is 25.1 Å². The van der Waals surface area contributed by atoms with Gasteiger partial charge in [0.1, 0.15) is 36.4 Å². The van der Waals surface area contributed by atoms with Crippen molar-refractivity contribution < 1.29 is 27.8 Å². The zero-order valence-corrected chi connectivity index (χ0v) is 16.3. The topological polar surface area (TPSA) is 112 Å². The molecule has 3 heterocycles. The van der Waals surface area contributed by atoms with E-state index in [4.69, 9.17) is 15.2 Å². The first-order chi connectivity index (χ1) is 14.3. The number of anilines is 2. The van der Waals surface area contributed by atoms with Crippen molar-refractivity contribution in [1.29, 1.82) is 0 Å². The van der Waals surface area contributed by atoms with Gasteiger partial charge in [-0.15, -0.1) is 0 Å². The Kier molecular flexibility index (Phi) is 4.96. The number of ether oxygens (including phenoxy) is 2. The molecule has 1 fully saturated rings. The van der Waals surface area contributed by atoms with Crippen molar-refractivity contribution in [2.45, 2.75) is 45.0 Å². The minimum atomic E-state index is -2.77. The van der Waals surface area contributed by atoms with Crippen molar-refractivity contribution in [3.05, 3.63) is 24.4 Å². The molecule has 2 aliphatic rings. The molecule has 0 saturated carbocycles. The van der Waals surface area contributed by atoms with Crippen molar-refractivity contribution in [3.8, 4) is 17.1 Å². The minimum absolute atomic E-state index is 0.0991. The number of amides is 2. The molecule has 0 aliphatic carbocycles. The molecule has 1 aromatic heterocycles. The lowest BCUT2D eigenvalue weighted by molar-refractivity contribution is -0.118. The summed E-state index contributed by atoms with van der Waals surface area (Å²) in [4.78, 5) is 28.8. The number of primary amides is 1. The number of carbonyl (C=O) groups is 2. The molecule has 0 spiro atoms. The highest BCUT2D eigenvalue weighted by Gasteiger charge is 2.47. The molecule has 2 amide bonds. The molecule has 3 N–H and O–H groups in total. The fourth-order valence-electron chi connectivity index (χ4n) is 3.58. The van der Waals surface area contributed by atoms with Gasteiger partial charge in [0.2, 0.25) is 5.91 Å². The van der Waals surface area contributed by atoms with Crippen LogP contribution >= 0.6 is 0 Å². The average molecular weight is 421 g/mol. The number of nitrogens with one attached hydrogen (secondary N) is 1. The molecular weight excluding hydrogens is 400 g/mol. The number of cyclic esters (lactones) is 1. The summed E-state index contributed by atoms with van der Waals surface area (Å²) in [6.45, 7) is 3.79. The second-order valence-corrected chi connectivity index (χ2v) is 7.23. The van der Waals surface area contributed by atoms with Gasteiger partial charge >= 0.3 is 6.09 Å². The van der Waals surface area contributed by atoms with E-state index in [2.05, 4.69) is 10.3 Å². The van der Waals surface area contributed by atoms with Crippen molar-refractivity contribution in [3.63, 3.8) is 0 Å². The Labute approximate surface area is 170 Å². The highest BCUT2D eigenvalue weighted by Crippen LogP contribution is 2.37. The number of nitrogens with zero attached hydrogens (tertiary/aromatic N) is 3. The van der Waals surface area contributed by atoms with Crippen LogP contribution in [-0.2, 0) is 16.1 Å². The second-order valence-electron chi connectivity index (χ2n) is 7.23. The van der Waals surface area contributed by atoms with Crippen molar-refractivity contribution in [2.24, 2.45) is 5.73 Å². The molecule has 30 heavy (non-hydrogen) atoms. The number of fused-ring (bicyclic) bond motifs is 3. The van der Waals surface area contributed by atoms with Crippen LogP contribution in [0.3, 0.4) is 0 Å². The molecule has 2 aromatic rings. The Morgan fingerprint density at radius 2 is 2.17 bits per heavy atom. The van der Waals surface area contributed by atoms with Gasteiger partial charge in [-0.25, -0.2) is 23.5 Å². The second kappa shape index (κ2) is 7.47. The van der Waals surface area contributed by atoms with Crippen molar-refractivity contribution in [2.75, 3.05) is 16.8 Å². The van der Waals surface area contributed by atoms with Crippen LogP contribution in [0.15, 0.2) is 24.4 Å². The number of benzene rings is 1. The predicted molar refractivity (Wildman–Crippen MR) is 104 cm³/mol. The van der Waals surface area contributed by atoms with E-state index >= 15 is 0 Å². The Morgan fingerprint density at radius 1 is 1.40 bits per heavy atom. The molecule has 160 valence electrons. The fraction of sp³-hybridized carbons (Fsp3) is 0.421. The monoisotopic (exact) mass is 421 g/mol. The number of imidazole rings is 1. The molecule has 9 nitrogen and oxygen atoms in total. The summed E-state index contributed by atoms with van der Waals surface area (Å²) in [7, 11) is 0. The molecule has 0 radical (unpaired) electrons. The van der Waals surface area contributed by atoms with Crippen LogP contribution < -0.4 is 20.7 Å². The summed E-state index contributed by atoms with van der Waals surface area (Å²) < 4.78 is 39.6. The third-order valence-corrected chi connectivity index (χ3v) is 5.15. The summed E-state index contributed by atoms with van der Waals surface area (Å²) in [5.74, 6) is 0.594. The third kappa shape index (κ3) is 3.40. The summed E-state index contributed by atoms with van der Waals surface area (Å²) >= 11 is 0. The summed E-state index contributed by atoms with van der Waals surface area (Å²) in [6, 6.07) is 3.22. The normalized spacial score (nSPS) is 21.4. The first-order valence-corrected chi connectivity index (χ1v) is 9.44. The number of nitrogens with two attached hydrogens (primary N) is 1. The number of alkyl halides is 2. The zero-order valence-electron chi connectivity index (χ0n) is 16.3. The number of halogens is 2. The number of hydrogen-bond acceptors (Lipinski definition) is 6. The molecule has 1 aromatic carbocycles. The van der Waals surface area contributed by atoms with Gasteiger partial charge in [0.05, 0.1) is 12.1 Å². The highest BCUT2D eigenvalue weighted by atomic mass is 19.3. The van der Waals surface area contributed by atoms with Gasteiger partial charge in [-0.2, -0.15) is 0 Å². The van der Waals surface area contributed by atoms with E-state index in [0.717, 1.165) is 4.90 Å². The van der Waals surface area contributed by atoms with Gasteiger partial charge in [0.25, 0.3) is 6.43 Å². The lowest BCUT2D eigenvalue weighted by Crippen LogP contribution is -2.41. The Morgan fingerprint density at radius 3 is 2.87 bits per heavy atom. The van der Waals surface area contributed by atoms with Crippen molar-refractivity contribution in [1.82, 2.24) is 9.55 Å². The molecule has 4 rings (SSSR count). The highest BCUT2D eigenvalue weighted by molar-refractivity contribution is 5.90. The molecular formula is C19H21F2N5O4. The maximum absolute atomic E-state index is 13.5. The van der Waals surface area contributed by atoms with Crippen LogP contribution in [-0.4, -0.2) is 52.8 Å². The molecule has 2 aliphatic heterocycles. The SMILES string of the molecule is C[C@H](Nc1ccc2c(c1)OCCn1cc(N3C(=O)O[C@H](C)C3C(F)F)nc1-2)C(N)=O. The van der Waals surface area contributed by atoms with Gasteiger partial charge in [0.15, 0.2) is 5.82 Å². The quantitative estimate of drug-likeness (QED) is 0.766. The van der Waals surface area contributed by atoms with Crippen LogP contribution in [0.25, 0.3) is 11.4 Å². The average Bonchev–Trinajstić information content (AvgIpc) is 3.16. The van der Waals surface area contributed by atoms with Gasteiger partial charge in [-0.05, 0) is 26.0 Å². The summed E-state index contributed by atoms with van der Waals surface area (Å²) in [5, 5.41) is 2.98. The summed E-state index contributed by atoms with van der Waals surface area (Å²) in [6.07, 6.45) is -3.03. The van der Waals surface area contributed by atoms with Gasteiger partial charge in [-0.1, -0.05) is 0 Å². The van der Waals surface area contributed by atoms with E-state index in [-0.39, 0.29) is 5.82 Å². The number of hydrogen-bond donors (Lipinski definition) is 2. The molecule has 1 saturated heterocycles. The maximum Gasteiger partial charge on any atom is 0.416 e. The molecule has 1 unspecified atom stereocenters. The van der Waals surface area contributed by atoms with Gasteiger partial charge in [-0.3, -0.25) is 4.79 Å². The smallest absolute Gasteiger partial charge is 0.416 e. The lowest BCUT2D eigenvalue weighted by Gasteiger charge is -2.20. The zero-order chi connectivity index (χ0) is 21.6. The third-order valence-electron chi connectivity index (χ3n) is 5.15. The molecule has 11 heteroatoms. The number of rotatable bonds is 5. The first kappa shape index (κ1) is 19.9. The number of aromatic nitrogens is 2. The Balaban J connectivity index is 1.69. The summed E-state index contributed by atoms with van der Waals surface area (Å²) in [5.41, 5.74) is 6.55. The van der Waals surface area contributed by atoms with E-state index in [1.807, 2.05) is 0 Å². The van der Waals surface area contributed by atoms with E-state index in [0.29, 0.717) is 36.0 Å². The Bertz CT molecular complexity index is 995. The van der Waals surface area contributed by atoms with Gasteiger partial charge in [0, 0.05) is 18.0 Å². The van der Waals surface area contributed by atoms with Crippen LogP contribution in [0.2, 0.25) is 0 Å². The van der Waals surface area contributed by atoms with E-state index in [1.54, 1.807) is 35.9 Å². The first-order valence-electron chi connectivity index (χ1n) is 9.44. The Hall–Kier alpha value is -3.37. The van der Waals surface area contributed by atoms with Crippen LogP contribution in [0, 0.1) is 0 Å². The largest absolute Gasteiger partial charge is 0.491 e. The fourth-order valence-corrected chi connectivity index (χ4v) is 3.58. The van der Waals surface area contributed by atoms with Crippen molar-refractivity contribution >= 4 is 23.5 Å².